The van der Waals surface area contributed by atoms with E-state index in [1.165, 1.54) is 18.4 Å². The summed E-state index contributed by atoms with van der Waals surface area (Å²) in [6, 6.07) is 13.1. The number of ether oxygens (including phenoxy) is 1. The highest BCUT2D eigenvalue weighted by Crippen LogP contribution is 2.33. The van der Waals surface area contributed by atoms with Crippen LogP contribution in [0.25, 0.3) is 27.4 Å². The van der Waals surface area contributed by atoms with Gasteiger partial charge in [-0.2, -0.15) is 10.1 Å². The zero-order valence-corrected chi connectivity index (χ0v) is 19.9. The van der Waals surface area contributed by atoms with Gasteiger partial charge in [-0.25, -0.2) is 9.67 Å². The predicted octanol–water partition coefficient (Wildman–Crippen LogP) is 3.79. The molecule has 172 valence electrons. The lowest BCUT2D eigenvalue weighted by atomic mass is 10.1. The van der Waals surface area contributed by atoms with E-state index in [1.54, 1.807) is 16.0 Å². The summed E-state index contributed by atoms with van der Waals surface area (Å²) >= 11 is 1.66. The van der Waals surface area contributed by atoms with E-state index in [0.29, 0.717) is 25.2 Å². The molecule has 0 atom stereocenters. The molecule has 3 aromatic heterocycles. The van der Waals surface area contributed by atoms with Gasteiger partial charge in [-0.3, -0.25) is 0 Å². The molecule has 4 aromatic rings. The maximum absolute atomic E-state index is 5.58. The molecule has 34 heavy (non-hydrogen) atoms. The molecule has 6 rings (SSSR count). The van der Waals surface area contributed by atoms with E-state index in [9.17, 15) is 0 Å². The number of fused-ring (bicyclic) bond motifs is 1. The Kier molecular flexibility index (Phi) is 5.75. The predicted molar refractivity (Wildman–Crippen MR) is 136 cm³/mol. The van der Waals surface area contributed by atoms with Crippen LogP contribution in [0.4, 0.5) is 5.82 Å². The Bertz CT molecular complexity index is 1390. The quantitative estimate of drug-likeness (QED) is 0.448. The third-order valence-electron chi connectivity index (χ3n) is 6.03. The van der Waals surface area contributed by atoms with Gasteiger partial charge in [0, 0.05) is 30.9 Å². The van der Waals surface area contributed by atoms with Gasteiger partial charge < -0.3 is 15.0 Å². The Morgan fingerprint density at radius 3 is 2.85 bits per heavy atom. The Labute approximate surface area is 202 Å². The highest BCUT2D eigenvalue weighted by Gasteiger charge is 2.21. The number of rotatable bonds is 5. The van der Waals surface area contributed by atoms with Gasteiger partial charge >= 0.3 is 0 Å². The molecule has 0 unspecified atom stereocenters. The normalized spacial score (nSPS) is 16.0. The number of benzene rings is 1. The maximum Gasteiger partial charge on any atom is 0.253 e. The van der Waals surface area contributed by atoms with Crippen LogP contribution in [-0.4, -0.2) is 58.6 Å². The summed E-state index contributed by atoms with van der Waals surface area (Å²) in [7, 11) is 0. The summed E-state index contributed by atoms with van der Waals surface area (Å²) in [4.78, 5) is 13.1. The van der Waals surface area contributed by atoms with Crippen LogP contribution in [0.2, 0.25) is 0 Å². The van der Waals surface area contributed by atoms with Gasteiger partial charge in [-0.1, -0.05) is 35.6 Å². The Morgan fingerprint density at radius 2 is 2.03 bits per heavy atom. The van der Waals surface area contributed by atoms with Gasteiger partial charge in [0.2, 0.25) is 0 Å². The fraction of sp³-hybridized carbons (Fsp3) is 0.346. The molecule has 2 aliphatic rings. The number of nitrogens with zero attached hydrogens (tertiary/aromatic N) is 5. The van der Waals surface area contributed by atoms with Crippen molar-refractivity contribution in [2.45, 2.75) is 25.8 Å². The van der Waals surface area contributed by atoms with Crippen molar-refractivity contribution in [2.24, 2.45) is 0 Å². The van der Waals surface area contributed by atoms with E-state index >= 15 is 0 Å². The zero-order chi connectivity index (χ0) is 22.9. The van der Waals surface area contributed by atoms with Crippen molar-refractivity contribution in [3.05, 3.63) is 53.0 Å². The molecule has 1 aliphatic carbocycles. The summed E-state index contributed by atoms with van der Waals surface area (Å²) in [5, 5.41) is 8.23. The van der Waals surface area contributed by atoms with Gasteiger partial charge in [0.05, 0.1) is 40.5 Å². The third kappa shape index (κ3) is 4.55. The van der Waals surface area contributed by atoms with Crippen LogP contribution in [0.15, 0.2) is 42.6 Å². The summed E-state index contributed by atoms with van der Waals surface area (Å²) in [6.07, 6.45) is 4.47. The summed E-state index contributed by atoms with van der Waals surface area (Å²) in [5.74, 6) is 8.07. The maximum atomic E-state index is 5.58. The second-order valence-corrected chi connectivity index (χ2v) is 9.80. The van der Waals surface area contributed by atoms with Crippen molar-refractivity contribution in [1.29, 1.82) is 0 Å². The van der Waals surface area contributed by atoms with E-state index in [0.717, 1.165) is 51.8 Å². The first kappa shape index (κ1) is 21.3. The van der Waals surface area contributed by atoms with E-state index in [2.05, 4.69) is 59.3 Å². The highest BCUT2D eigenvalue weighted by atomic mass is 32.1. The van der Waals surface area contributed by atoms with Crippen molar-refractivity contribution >= 4 is 27.4 Å². The molecule has 1 aliphatic heterocycles. The molecule has 7 nitrogen and oxygen atoms in total. The van der Waals surface area contributed by atoms with Gasteiger partial charge in [-0.05, 0) is 38.0 Å². The fourth-order valence-electron chi connectivity index (χ4n) is 4.06. The SMILES string of the molecule is Cc1cccc(-c2ccn(-c3nc(N4CCOCC4)c4sc(C#CCNC5CC5)cc4n3)n2)c1. The molecule has 1 saturated carbocycles. The second kappa shape index (κ2) is 9.18. The lowest BCUT2D eigenvalue weighted by Gasteiger charge is -2.28. The van der Waals surface area contributed by atoms with Crippen molar-refractivity contribution in [3.63, 3.8) is 0 Å². The number of aryl methyl sites for hydroxylation is 1. The number of anilines is 1. The van der Waals surface area contributed by atoms with E-state index < -0.39 is 0 Å². The first-order valence-corrected chi connectivity index (χ1v) is 12.5. The van der Waals surface area contributed by atoms with Crippen molar-refractivity contribution < 1.29 is 4.74 Å². The lowest BCUT2D eigenvalue weighted by molar-refractivity contribution is 0.122. The molecular weight excluding hydrogens is 444 g/mol. The Balaban J connectivity index is 1.37. The standard InChI is InChI=1S/C26H26N6OS/c1-18-4-2-5-19(16-18)22-9-11-32(30-22)26-28-23-17-21(6-3-10-27-20-7-8-20)34-24(23)25(29-26)31-12-14-33-15-13-31/h2,4-5,9,11,16-17,20,27H,7-8,10,12-15H2,1H3. The molecule has 1 N–H and O–H groups in total. The molecule has 0 radical (unpaired) electrons. The molecule has 0 bridgehead atoms. The number of aromatic nitrogens is 4. The molecule has 1 saturated heterocycles. The Morgan fingerprint density at radius 1 is 1.15 bits per heavy atom. The van der Waals surface area contributed by atoms with Gasteiger partial charge in [-0.15, -0.1) is 11.3 Å². The van der Waals surface area contributed by atoms with Crippen molar-refractivity contribution in [3.8, 4) is 29.0 Å². The second-order valence-electron chi connectivity index (χ2n) is 8.74. The topological polar surface area (TPSA) is 68.1 Å². The molecular formula is C26H26N6OS. The molecule has 4 heterocycles. The monoisotopic (exact) mass is 470 g/mol. The van der Waals surface area contributed by atoms with Crippen molar-refractivity contribution in [2.75, 3.05) is 37.7 Å². The average Bonchev–Trinajstić information content (AvgIpc) is 3.38. The smallest absolute Gasteiger partial charge is 0.253 e. The van der Waals surface area contributed by atoms with Crippen LogP contribution in [0.1, 0.15) is 23.3 Å². The van der Waals surface area contributed by atoms with E-state index in [4.69, 9.17) is 19.8 Å². The number of nitrogens with one attached hydrogen (secondary N) is 1. The summed E-state index contributed by atoms with van der Waals surface area (Å²) < 4.78 is 8.41. The van der Waals surface area contributed by atoms with E-state index in [1.807, 2.05) is 12.3 Å². The van der Waals surface area contributed by atoms with Crippen LogP contribution < -0.4 is 10.2 Å². The van der Waals surface area contributed by atoms with Crippen molar-refractivity contribution in [1.82, 2.24) is 25.1 Å². The van der Waals surface area contributed by atoms with Gasteiger partial charge in [0.25, 0.3) is 5.95 Å². The minimum absolute atomic E-state index is 0.570. The average molecular weight is 471 g/mol. The number of hydrogen-bond donors (Lipinski definition) is 1. The van der Waals surface area contributed by atoms with Gasteiger partial charge in [0.1, 0.15) is 0 Å². The first-order chi connectivity index (χ1) is 16.7. The first-order valence-electron chi connectivity index (χ1n) is 11.7. The largest absolute Gasteiger partial charge is 0.378 e. The number of thiophene rings is 1. The van der Waals surface area contributed by atoms with Gasteiger partial charge in [0.15, 0.2) is 5.82 Å². The van der Waals surface area contributed by atoms with Crippen LogP contribution in [0.3, 0.4) is 0 Å². The molecule has 2 fully saturated rings. The molecule has 0 spiro atoms. The zero-order valence-electron chi connectivity index (χ0n) is 19.1. The summed E-state index contributed by atoms with van der Waals surface area (Å²) in [5.41, 5.74) is 4.10. The van der Waals surface area contributed by atoms with Crippen LogP contribution in [0.5, 0.6) is 0 Å². The van der Waals surface area contributed by atoms with Crippen LogP contribution >= 0.6 is 11.3 Å². The van der Waals surface area contributed by atoms with Crippen LogP contribution in [0, 0.1) is 18.8 Å². The minimum Gasteiger partial charge on any atom is -0.378 e. The molecule has 1 aromatic carbocycles. The van der Waals surface area contributed by atoms with Crippen LogP contribution in [-0.2, 0) is 4.74 Å². The number of morpholine rings is 1. The molecule has 0 amide bonds. The Hall–Kier alpha value is -3.25. The lowest BCUT2D eigenvalue weighted by Crippen LogP contribution is -2.37. The number of hydrogen-bond acceptors (Lipinski definition) is 7. The fourth-order valence-corrected chi connectivity index (χ4v) is 5.05. The highest BCUT2D eigenvalue weighted by molar-refractivity contribution is 7.20. The van der Waals surface area contributed by atoms with E-state index in [-0.39, 0.29) is 0 Å². The molecule has 8 heteroatoms. The third-order valence-corrected chi connectivity index (χ3v) is 7.06. The minimum atomic E-state index is 0.570. The summed E-state index contributed by atoms with van der Waals surface area (Å²) in [6.45, 7) is 5.83.